The number of rotatable bonds is 8. The van der Waals surface area contributed by atoms with Gasteiger partial charge in [-0.15, -0.1) is 0 Å². The molecule has 1 aliphatic carbocycles. The van der Waals surface area contributed by atoms with Crippen molar-refractivity contribution in [2.45, 2.75) is 50.9 Å². The number of aliphatic carboxylic acids is 1. The molecule has 12 nitrogen and oxygen atoms in total. The fourth-order valence-electron chi connectivity index (χ4n) is 4.38. The fraction of sp³-hybridized carbons (Fsp3) is 0.348. The minimum atomic E-state index is -0.889. The Labute approximate surface area is 210 Å². The first-order valence-electron chi connectivity index (χ1n) is 11.6. The van der Waals surface area contributed by atoms with Crippen molar-refractivity contribution < 1.29 is 19.2 Å². The summed E-state index contributed by atoms with van der Waals surface area (Å²) in [4.78, 5) is 36.3. The minimum Gasteiger partial charge on any atom is -0.481 e. The SMILES string of the molecule is O=C(O)CCCc1nc(-c2ncc(NC(=O)Nc3cnc4ccnn4c3C3CCCC3)cc2Cl)no1. The van der Waals surface area contributed by atoms with Crippen molar-refractivity contribution in [2.24, 2.45) is 0 Å². The van der Waals surface area contributed by atoms with Crippen LogP contribution < -0.4 is 10.6 Å². The number of urea groups is 1. The van der Waals surface area contributed by atoms with E-state index in [9.17, 15) is 9.59 Å². The van der Waals surface area contributed by atoms with Crippen LogP contribution in [0.3, 0.4) is 0 Å². The standard InChI is InChI=1S/C23H23ClN8O4/c24-15-10-14(11-26-20(15)22-30-18(36-31-22)6-3-7-19(33)34)28-23(35)29-16-12-25-17-8-9-27-32(17)21(16)13-4-1-2-5-13/h8-13H,1-7H2,(H,33,34)(H2,28,29,35). The second kappa shape index (κ2) is 10.3. The van der Waals surface area contributed by atoms with E-state index in [4.69, 9.17) is 21.2 Å². The van der Waals surface area contributed by atoms with Crippen LogP contribution in [0.2, 0.25) is 5.02 Å². The number of aromatic nitrogens is 6. The Kier molecular flexibility index (Phi) is 6.76. The third kappa shape index (κ3) is 5.13. The number of hydrogen-bond acceptors (Lipinski definition) is 8. The van der Waals surface area contributed by atoms with E-state index in [2.05, 4.69) is 35.8 Å². The molecule has 5 rings (SSSR count). The molecule has 4 heterocycles. The molecule has 4 aromatic rings. The summed E-state index contributed by atoms with van der Waals surface area (Å²) >= 11 is 6.37. The molecule has 0 aliphatic heterocycles. The van der Waals surface area contributed by atoms with Gasteiger partial charge in [-0.25, -0.2) is 19.3 Å². The van der Waals surface area contributed by atoms with Gasteiger partial charge in [0.05, 0.1) is 40.7 Å². The van der Waals surface area contributed by atoms with Gasteiger partial charge in [0.2, 0.25) is 11.7 Å². The molecule has 0 spiro atoms. The molecule has 0 saturated heterocycles. The van der Waals surface area contributed by atoms with Gasteiger partial charge in [-0.3, -0.25) is 4.79 Å². The van der Waals surface area contributed by atoms with E-state index in [-0.39, 0.29) is 23.0 Å². The van der Waals surface area contributed by atoms with Gasteiger partial charge in [0.1, 0.15) is 5.69 Å². The first-order valence-corrected chi connectivity index (χ1v) is 12.0. The molecule has 0 radical (unpaired) electrons. The molecule has 1 saturated carbocycles. The van der Waals surface area contributed by atoms with Crippen molar-refractivity contribution >= 4 is 40.6 Å². The van der Waals surface area contributed by atoms with Crippen molar-refractivity contribution in [1.82, 2.24) is 29.7 Å². The predicted octanol–water partition coefficient (Wildman–Crippen LogP) is 4.54. The van der Waals surface area contributed by atoms with Gasteiger partial charge in [-0.1, -0.05) is 29.6 Å². The monoisotopic (exact) mass is 510 g/mol. The number of carboxylic acids is 1. The van der Waals surface area contributed by atoms with Crippen molar-refractivity contribution in [2.75, 3.05) is 10.6 Å². The Hall–Kier alpha value is -4.06. The van der Waals surface area contributed by atoms with Crippen LogP contribution in [-0.4, -0.2) is 46.8 Å². The summed E-state index contributed by atoms with van der Waals surface area (Å²) in [5.41, 5.74) is 2.95. The molecule has 0 aromatic carbocycles. The van der Waals surface area contributed by atoms with E-state index in [1.54, 1.807) is 16.9 Å². The smallest absolute Gasteiger partial charge is 0.323 e. The number of hydrogen-bond donors (Lipinski definition) is 3. The van der Waals surface area contributed by atoms with Gasteiger partial charge in [-0.2, -0.15) is 10.1 Å². The molecule has 186 valence electrons. The molecule has 4 aromatic heterocycles. The van der Waals surface area contributed by atoms with Crippen LogP contribution >= 0.6 is 11.6 Å². The topological polar surface area (TPSA) is 160 Å². The summed E-state index contributed by atoms with van der Waals surface area (Å²) in [6, 6.07) is 2.91. The lowest BCUT2D eigenvalue weighted by atomic mass is 10.0. The van der Waals surface area contributed by atoms with Crippen LogP contribution in [0.5, 0.6) is 0 Å². The molecule has 2 amide bonds. The van der Waals surface area contributed by atoms with Gasteiger partial charge >= 0.3 is 12.0 Å². The van der Waals surface area contributed by atoms with E-state index in [1.807, 2.05) is 6.07 Å². The van der Waals surface area contributed by atoms with Crippen molar-refractivity contribution in [1.29, 1.82) is 0 Å². The zero-order chi connectivity index (χ0) is 25.1. The molecule has 0 unspecified atom stereocenters. The number of carbonyl (C=O) groups excluding carboxylic acids is 1. The fourth-order valence-corrected chi connectivity index (χ4v) is 4.63. The second-order valence-electron chi connectivity index (χ2n) is 8.53. The van der Waals surface area contributed by atoms with Gasteiger partial charge in [0.15, 0.2) is 5.65 Å². The van der Waals surface area contributed by atoms with Gasteiger partial charge < -0.3 is 20.3 Å². The number of fused-ring (bicyclic) bond motifs is 1. The average molecular weight is 511 g/mol. The van der Waals surface area contributed by atoms with Crippen molar-refractivity contribution in [3.8, 4) is 11.5 Å². The molecule has 36 heavy (non-hydrogen) atoms. The van der Waals surface area contributed by atoms with Gasteiger partial charge in [0, 0.05) is 24.8 Å². The summed E-state index contributed by atoms with van der Waals surface area (Å²) in [5, 5.41) is 22.9. The van der Waals surface area contributed by atoms with Gasteiger partial charge in [0.25, 0.3) is 0 Å². The Bertz CT molecular complexity index is 1410. The van der Waals surface area contributed by atoms with Crippen molar-refractivity contribution in [3.05, 3.63) is 47.3 Å². The van der Waals surface area contributed by atoms with Gasteiger partial charge in [-0.05, 0) is 25.3 Å². The van der Waals surface area contributed by atoms with Crippen LogP contribution in [0, 0.1) is 0 Å². The lowest BCUT2D eigenvalue weighted by Crippen LogP contribution is -2.22. The summed E-state index contributed by atoms with van der Waals surface area (Å²) in [5.74, 6) is -0.114. The zero-order valence-corrected chi connectivity index (χ0v) is 19.9. The third-order valence-corrected chi connectivity index (χ3v) is 6.29. The number of amides is 2. The summed E-state index contributed by atoms with van der Waals surface area (Å²) in [6.45, 7) is 0. The van der Waals surface area contributed by atoms with E-state index in [1.165, 1.54) is 12.3 Å². The lowest BCUT2D eigenvalue weighted by molar-refractivity contribution is -0.137. The molecule has 3 N–H and O–H groups in total. The Balaban J connectivity index is 1.28. The third-order valence-electron chi connectivity index (χ3n) is 6.00. The molecule has 1 aliphatic rings. The van der Waals surface area contributed by atoms with Crippen LogP contribution in [-0.2, 0) is 11.2 Å². The van der Waals surface area contributed by atoms with E-state index in [0.717, 1.165) is 37.0 Å². The van der Waals surface area contributed by atoms with Crippen LogP contribution in [0.4, 0.5) is 16.2 Å². The quantitative estimate of drug-likeness (QED) is 0.309. The molecule has 1 fully saturated rings. The highest BCUT2D eigenvalue weighted by Crippen LogP contribution is 2.37. The molecule has 0 bridgehead atoms. The maximum Gasteiger partial charge on any atom is 0.323 e. The Morgan fingerprint density at radius 3 is 2.81 bits per heavy atom. The summed E-state index contributed by atoms with van der Waals surface area (Å²) < 4.78 is 6.94. The molecular formula is C23H23ClN8O4. The number of carbonyl (C=O) groups is 2. The highest BCUT2D eigenvalue weighted by atomic mass is 35.5. The number of halogens is 1. The highest BCUT2D eigenvalue weighted by molar-refractivity contribution is 6.33. The Morgan fingerprint density at radius 2 is 2.03 bits per heavy atom. The maximum atomic E-state index is 12.8. The zero-order valence-electron chi connectivity index (χ0n) is 19.1. The number of nitrogens with one attached hydrogen (secondary N) is 2. The average Bonchev–Trinajstić information content (AvgIpc) is 3.61. The number of anilines is 2. The summed E-state index contributed by atoms with van der Waals surface area (Å²) in [7, 11) is 0. The molecule has 13 heteroatoms. The predicted molar refractivity (Wildman–Crippen MR) is 130 cm³/mol. The van der Waals surface area contributed by atoms with E-state index in [0.29, 0.717) is 36.0 Å². The van der Waals surface area contributed by atoms with E-state index >= 15 is 0 Å². The number of pyridine rings is 1. The molecule has 0 atom stereocenters. The largest absolute Gasteiger partial charge is 0.481 e. The highest BCUT2D eigenvalue weighted by Gasteiger charge is 2.25. The maximum absolute atomic E-state index is 12.8. The van der Waals surface area contributed by atoms with Crippen molar-refractivity contribution in [3.63, 3.8) is 0 Å². The lowest BCUT2D eigenvalue weighted by Gasteiger charge is -2.17. The van der Waals surface area contributed by atoms with Crippen LogP contribution in [0.25, 0.3) is 17.2 Å². The number of nitrogens with zero attached hydrogens (tertiary/aromatic N) is 6. The molecular weight excluding hydrogens is 488 g/mol. The summed E-state index contributed by atoms with van der Waals surface area (Å²) in [6.07, 6.45) is 9.86. The van der Waals surface area contributed by atoms with E-state index < -0.39 is 12.0 Å². The Morgan fingerprint density at radius 1 is 1.19 bits per heavy atom. The van der Waals surface area contributed by atoms with Crippen LogP contribution in [0.1, 0.15) is 56.0 Å². The minimum absolute atomic E-state index is 0.00711. The van der Waals surface area contributed by atoms with Crippen LogP contribution in [0.15, 0.2) is 35.2 Å². The number of carboxylic acid groups (broad SMARTS) is 1. The number of aryl methyl sites for hydroxylation is 1. The first kappa shape index (κ1) is 23.7. The first-order chi connectivity index (χ1) is 17.5. The normalized spacial score (nSPS) is 13.8. The second-order valence-corrected chi connectivity index (χ2v) is 8.94.